The summed E-state index contributed by atoms with van der Waals surface area (Å²) < 4.78 is 4.73. The van der Waals surface area contributed by atoms with Crippen LogP contribution in [0.3, 0.4) is 0 Å². The van der Waals surface area contributed by atoms with Gasteiger partial charge in [0, 0.05) is 6.42 Å². The van der Waals surface area contributed by atoms with Gasteiger partial charge in [0.1, 0.15) is 11.2 Å². The maximum atomic E-state index is 11.8. The highest BCUT2D eigenvalue weighted by atomic mass is 16.5. The van der Waals surface area contributed by atoms with Gasteiger partial charge in [-0.1, -0.05) is 6.92 Å². The molecule has 0 radical (unpaired) electrons. The summed E-state index contributed by atoms with van der Waals surface area (Å²) in [5.74, 6) is -0.364. The van der Waals surface area contributed by atoms with Gasteiger partial charge >= 0.3 is 5.97 Å². The maximum Gasteiger partial charge on any atom is 0.319 e. The molecule has 1 aliphatic rings. The minimum absolute atomic E-state index is 0.00542. The van der Waals surface area contributed by atoms with E-state index in [1.165, 1.54) is 7.11 Å². The molecule has 0 amide bonds. The molecule has 1 aliphatic heterocycles. The first-order valence-corrected chi connectivity index (χ1v) is 5.00. The van der Waals surface area contributed by atoms with Crippen molar-refractivity contribution in [2.45, 2.75) is 26.2 Å². The third-order valence-electron chi connectivity index (χ3n) is 2.89. The number of hydrogen-bond acceptors (Lipinski definition) is 4. The Labute approximate surface area is 84.0 Å². The van der Waals surface area contributed by atoms with Crippen molar-refractivity contribution < 1.29 is 14.3 Å². The maximum absolute atomic E-state index is 11.8. The molecule has 0 aromatic rings. The van der Waals surface area contributed by atoms with Crippen LogP contribution in [0.1, 0.15) is 26.2 Å². The van der Waals surface area contributed by atoms with Gasteiger partial charge in [-0.25, -0.2) is 0 Å². The molecular formula is C10H17NO3. The van der Waals surface area contributed by atoms with Gasteiger partial charge in [0.25, 0.3) is 0 Å². The van der Waals surface area contributed by atoms with Crippen molar-refractivity contribution in [1.82, 2.24) is 5.32 Å². The Bertz CT molecular complexity index is 214. The van der Waals surface area contributed by atoms with Gasteiger partial charge in [0.2, 0.25) is 0 Å². The molecule has 0 aromatic carbocycles. The summed E-state index contributed by atoms with van der Waals surface area (Å²) in [6, 6.07) is 0. The summed E-state index contributed by atoms with van der Waals surface area (Å²) in [6.45, 7) is 3.21. The number of ketones is 1. The zero-order valence-electron chi connectivity index (χ0n) is 8.76. The van der Waals surface area contributed by atoms with Gasteiger partial charge in [0.15, 0.2) is 0 Å². The molecule has 0 unspecified atom stereocenters. The van der Waals surface area contributed by atoms with Crippen LogP contribution in [0.15, 0.2) is 0 Å². The van der Waals surface area contributed by atoms with E-state index in [4.69, 9.17) is 4.74 Å². The molecule has 1 saturated heterocycles. The Morgan fingerprint density at radius 1 is 1.36 bits per heavy atom. The second-order valence-corrected chi connectivity index (χ2v) is 3.60. The summed E-state index contributed by atoms with van der Waals surface area (Å²) in [5.41, 5.74) is -0.866. The minimum atomic E-state index is -0.866. The second-order valence-electron chi connectivity index (χ2n) is 3.60. The summed E-state index contributed by atoms with van der Waals surface area (Å²) in [6.07, 6.45) is 1.52. The molecule has 1 rings (SSSR count). The van der Waals surface area contributed by atoms with Gasteiger partial charge in [0.05, 0.1) is 7.11 Å². The molecule has 1 heterocycles. The van der Waals surface area contributed by atoms with E-state index in [1.807, 2.05) is 0 Å². The molecule has 0 atom stereocenters. The monoisotopic (exact) mass is 199 g/mol. The molecule has 1 N–H and O–H groups in total. The van der Waals surface area contributed by atoms with Gasteiger partial charge in [-0.05, 0) is 25.9 Å². The van der Waals surface area contributed by atoms with Crippen LogP contribution < -0.4 is 5.32 Å². The zero-order valence-corrected chi connectivity index (χ0v) is 8.76. The quantitative estimate of drug-likeness (QED) is 0.531. The zero-order chi connectivity index (χ0) is 10.6. The molecular weight excluding hydrogens is 182 g/mol. The number of Topliss-reactive ketones (excluding diaryl/α,β-unsaturated/α-hetero) is 1. The van der Waals surface area contributed by atoms with Crippen molar-refractivity contribution in [3.63, 3.8) is 0 Å². The first-order chi connectivity index (χ1) is 6.67. The number of methoxy groups -OCH3 is 1. The SMILES string of the molecule is CCC(=O)C1(C(=O)OC)CCNCC1. The molecule has 0 aromatic heterocycles. The third kappa shape index (κ3) is 1.80. The minimum Gasteiger partial charge on any atom is -0.468 e. The lowest BCUT2D eigenvalue weighted by Gasteiger charge is -2.33. The molecule has 4 heteroatoms. The predicted octanol–water partition coefficient (Wildman–Crippen LogP) is 0.508. The fraction of sp³-hybridized carbons (Fsp3) is 0.800. The fourth-order valence-electron chi connectivity index (χ4n) is 1.98. The van der Waals surface area contributed by atoms with Gasteiger partial charge in [-0.3, -0.25) is 9.59 Å². The number of carbonyl (C=O) groups is 2. The van der Waals surface area contributed by atoms with Crippen LogP contribution in [-0.2, 0) is 14.3 Å². The van der Waals surface area contributed by atoms with Crippen LogP contribution in [0, 0.1) is 5.41 Å². The standard InChI is InChI=1S/C10H17NO3/c1-3-8(12)10(9(13)14-2)4-6-11-7-5-10/h11H,3-7H2,1-2H3. The van der Waals surface area contributed by atoms with Crippen molar-refractivity contribution in [2.24, 2.45) is 5.41 Å². The van der Waals surface area contributed by atoms with E-state index in [1.54, 1.807) is 6.92 Å². The lowest BCUT2D eigenvalue weighted by molar-refractivity contribution is -0.159. The average molecular weight is 199 g/mol. The summed E-state index contributed by atoms with van der Waals surface area (Å²) in [4.78, 5) is 23.4. The lowest BCUT2D eigenvalue weighted by atomic mass is 9.74. The smallest absolute Gasteiger partial charge is 0.319 e. The van der Waals surface area contributed by atoms with Crippen molar-refractivity contribution >= 4 is 11.8 Å². The molecule has 4 nitrogen and oxygen atoms in total. The van der Waals surface area contributed by atoms with Crippen molar-refractivity contribution in [2.75, 3.05) is 20.2 Å². The van der Waals surface area contributed by atoms with E-state index in [9.17, 15) is 9.59 Å². The van der Waals surface area contributed by atoms with Crippen LogP contribution in [-0.4, -0.2) is 32.0 Å². The molecule has 0 saturated carbocycles. The fourth-order valence-corrected chi connectivity index (χ4v) is 1.98. The van der Waals surface area contributed by atoms with Gasteiger partial charge in [-0.15, -0.1) is 0 Å². The Morgan fingerprint density at radius 3 is 2.36 bits per heavy atom. The van der Waals surface area contributed by atoms with E-state index >= 15 is 0 Å². The molecule has 14 heavy (non-hydrogen) atoms. The van der Waals surface area contributed by atoms with Gasteiger partial charge < -0.3 is 10.1 Å². The number of carbonyl (C=O) groups excluding carboxylic acids is 2. The number of nitrogens with one attached hydrogen (secondary N) is 1. The molecule has 0 spiro atoms. The van der Waals surface area contributed by atoms with E-state index in [2.05, 4.69) is 5.32 Å². The molecule has 0 bridgehead atoms. The number of rotatable bonds is 3. The van der Waals surface area contributed by atoms with Crippen LogP contribution in [0.5, 0.6) is 0 Å². The summed E-state index contributed by atoms with van der Waals surface area (Å²) in [5, 5.41) is 3.14. The highest BCUT2D eigenvalue weighted by Crippen LogP contribution is 2.32. The molecule has 0 aliphatic carbocycles. The van der Waals surface area contributed by atoms with E-state index in [0.717, 1.165) is 0 Å². The lowest BCUT2D eigenvalue weighted by Crippen LogP contribution is -2.47. The topological polar surface area (TPSA) is 55.4 Å². The number of ether oxygens (including phenoxy) is 1. The van der Waals surface area contributed by atoms with Crippen LogP contribution in [0.2, 0.25) is 0 Å². The first-order valence-electron chi connectivity index (χ1n) is 5.00. The Hall–Kier alpha value is -0.900. The van der Waals surface area contributed by atoms with Crippen molar-refractivity contribution in [3.8, 4) is 0 Å². The molecule has 1 fully saturated rings. The van der Waals surface area contributed by atoms with Crippen LogP contribution in [0.25, 0.3) is 0 Å². The molecule has 80 valence electrons. The summed E-state index contributed by atoms with van der Waals surface area (Å²) >= 11 is 0. The van der Waals surface area contributed by atoms with Crippen molar-refractivity contribution in [1.29, 1.82) is 0 Å². The summed E-state index contributed by atoms with van der Waals surface area (Å²) in [7, 11) is 1.34. The van der Waals surface area contributed by atoms with E-state index < -0.39 is 5.41 Å². The Kier molecular flexibility index (Phi) is 3.63. The normalized spacial score (nSPS) is 20.1. The van der Waals surface area contributed by atoms with E-state index in [0.29, 0.717) is 32.4 Å². The second kappa shape index (κ2) is 4.55. The van der Waals surface area contributed by atoms with Crippen molar-refractivity contribution in [3.05, 3.63) is 0 Å². The van der Waals surface area contributed by atoms with Crippen LogP contribution >= 0.6 is 0 Å². The highest BCUT2D eigenvalue weighted by Gasteiger charge is 2.46. The average Bonchev–Trinajstić information content (AvgIpc) is 2.27. The Balaban J connectivity index is 2.87. The number of hydrogen-bond donors (Lipinski definition) is 1. The number of piperidine rings is 1. The predicted molar refractivity (Wildman–Crippen MR) is 51.9 cm³/mol. The Morgan fingerprint density at radius 2 is 1.93 bits per heavy atom. The largest absolute Gasteiger partial charge is 0.468 e. The van der Waals surface area contributed by atoms with Gasteiger partial charge in [-0.2, -0.15) is 0 Å². The number of esters is 1. The van der Waals surface area contributed by atoms with E-state index in [-0.39, 0.29) is 11.8 Å². The third-order valence-corrected chi connectivity index (χ3v) is 2.89. The first kappa shape index (κ1) is 11.2. The highest BCUT2D eigenvalue weighted by molar-refractivity contribution is 6.03. The van der Waals surface area contributed by atoms with Crippen LogP contribution in [0.4, 0.5) is 0 Å².